The molecule has 0 aliphatic heterocycles. The van der Waals surface area contributed by atoms with Gasteiger partial charge >= 0.3 is 0 Å². The van der Waals surface area contributed by atoms with E-state index in [4.69, 9.17) is 4.74 Å². The highest BCUT2D eigenvalue weighted by Gasteiger charge is 2.17. The maximum atomic E-state index is 12.8. The van der Waals surface area contributed by atoms with Crippen molar-refractivity contribution in [2.75, 3.05) is 6.61 Å². The lowest BCUT2D eigenvalue weighted by Crippen LogP contribution is -2.33. The van der Waals surface area contributed by atoms with Gasteiger partial charge in [-0.05, 0) is 49.9 Å². The van der Waals surface area contributed by atoms with Gasteiger partial charge in [-0.25, -0.2) is 4.57 Å². The maximum absolute atomic E-state index is 12.8. The molecule has 0 fully saturated rings. The van der Waals surface area contributed by atoms with Gasteiger partial charge in [0, 0.05) is 12.1 Å². The molecule has 1 aromatic carbocycles. The summed E-state index contributed by atoms with van der Waals surface area (Å²) < 4.78 is 8.08. The van der Waals surface area contributed by atoms with Crippen molar-refractivity contribution >= 4 is 5.91 Å². The molecular weight excluding hydrogens is 444 g/mol. The summed E-state index contributed by atoms with van der Waals surface area (Å²) >= 11 is 0. The molecule has 4 heteroatoms. The standard InChI is InChI=1S/C32H50N2O2/c1-5-8-9-10-11-12-13-14-15-16-17-18-25-36-29-19-20-30(27(4)26-29)31(6-2)33-32(35)28-21-23-34(7-3)24-22-28/h19-24,26,31H,5-18,25H2,1-4H3/p+1. The number of unbranched alkanes of at least 4 members (excludes halogenated alkanes) is 11. The minimum atomic E-state index is -0.0307. The Morgan fingerprint density at radius 1 is 0.833 bits per heavy atom. The molecule has 0 aliphatic carbocycles. The van der Waals surface area contributed by atoms with Gasteiger partial charge in [0.25, 0.3) is 5.91 Å². The summed E-state index contributed by atoms with van der Waals surface area (Å²) in [6.07, 6.45) is 21.0. The van der Waals surface area contributed by atoms with Crippen LogP contribution in [-0.2, 0) is 6.54 Å². The highest BCUT2D eigenvalue weighted by Crippen LogP contribution is 2.25. The van der Waals surface area contributed by atoms with Crippen molar-refractivity contribution in [3.8, 4) is 5.75 Å². The van der Waals surface area contributed by atoms with Gasteiger partial charge < -0.3 is 10.1 Å². The second-order valence-corrected chi connectivity index (χ2v) is 10.1. The Labute approximate surface area is 220 Å². The van der Waals surface area contributed by atoms with Crippen LogP contribution in [0.25, 0.3) is 0 Å². The maximum Gasteiger partial charge on any atom is 0.252 e. The molecule has 1 N–H and O–H groups in total. The van der Waals surface area contributed by atoms with E-state index in [1.165, 1.54) is 70.6 Å². The van der Waals surface area contributed by atoms with Crippen LogP contribution in [0, 0.1) is 6.92 Å². The van der Waals surface area contributed by atoms with Crippen LogP contribution < -0.4 is 14.6 Å². The van der Waals surface area contributed by atoms with E-state index in [-0.39, 0.29) is 11.9 Å². The number of benzene rings is 1. The number of nitrogens with zero attached hydrogens (tertiary/aromatic N) is 1. The molecule has 1 aromatic heterocycles. The van der Waals surface area contributed by atoms with Gasteiger partial charge in [0.2, 0.25) is 0 Å². The topological polar surface area (TPSA) is 42.2 Å². The fourth-order valence-corrected chi connectivity index (χ4v) is 4.72. The number of ether oxygens (including phenoxy) is 1. The van der Waals surface area contributed by atoms with Crippen LogP contribution >= 0.6 is 0 Å². The lowest BCUT2D eigenvalue weighted by Gasteiger charge is -2.20. The van der Waals surface area contributed by atoms with E-state index in [2.05, 4.69) is 45.1 Å². The first kappa shape index (κ1) is 29.9. The second-order valence-electron chi connectivity index (χ2n) is 10.1. The van der Waals surface area contributed by atoms with Crippen LogP contribution in [0.2, 0.25) is 0 Å². The van der Waals surface area contributed by atoms with Crippen molar-refractivity contribution in [2.45, 2.75) is 124 Å². The van der Waals surface area contributed by atoms with Gasteiger partial charge in [-0.3, -0.25) is 4.79 Å². The Kier molecular flexibility index (Phi) is 14.9. The molecule has 2 rings (SSSR count). The number of carbonyl (C=O) groups excluding carboxylic acids is 1. The van der Waals surface area contributed by atoms with Gasteiger partial charge in [0.1, 0.15) is 12.3 Å². The monoisotopic (exact) mass is 495 g/mol. The molecule has 0 radical (unpaired) electrons. The summed E-state index contributed by atoms with van der Waals surface area (Å²) in [6.45, 7) is 10.2. The number of carbonyl (C=O) groups is 1. The summed E-state index contributed by atoms with van der Waals surface area (Å²) in [5.41, 5.74) is 3.01. The third kappa shape index (κ3) is 11.1. The lowest BCUT2D eigenvalue weighted by molar-refractivity contribution is -0.693. The molecule has 0 spiro atoms. The Morgan fingerprint density at radius 3 is 1.94 bits per heavy atom. The van der Waals surface area contributed by atoms with Crippen LogP contribution in [0.3, 0.4) is 0 Å². The molecule has 0 saturated carbocycles. The molecule has 4 nitrogen and oxygen atoms in total. The minimum Gasteiger partial charge on any atom is -0.494 e. The van der Waals surface area contributed by atoms with Crippen molar-refractivity contribution in [1.82, 2.24) is 5.32 Å². The van der Waals surface area contributed by atoms with E-state index in [1.54, 1.807) is 0 Å². The zero-order valence-corrected chi connectivity index (χ0v) is 23.5. The Bertz CT molecular complexity index is 863. The van der Waals surface area contributed by atoms with E-state index >= 15 is 0 Å². The summed E-state index contributed by atoms with van der Waals surface area (Å²) in [6, 6.07) is 10.0. The van der Waals surface area contributed by atoms with E-state index in [1.807, 2.05) is 35.2 Å². The van der Waals surface area contributed by atoms with Crippen molar-refractivity contribution in [3.05, 3.63) is 59.4 Å². The fraction of sp³-hybridized carbons (Fsp3) is 0.625. The zero-order valence-electron chi connectivity index (χ0n) is 23.5. The van der Waals surface area contributed by atoms with Crippen molar-refractivity contribution in [3.63, 3.8) is 0 Å². The number of rotatable bonds is 19. The van der Waals surface area contributed by atoms with Crippen LogP contribution in [0.5, 0.6) is 5.75 Å². The SMILES string of the molecule is CCCCCCCCCCCCCCOc1ccc(C(CC)NC(=O)c2cc[n+](CC)cc2)c(C)c1. The predicted molar refractivity (Wildman–Crippen MR) is 151 cm³/mol. The van der Waals surface area contributed by atoms with Crippen LogP contribution in [-0.4, -0.2) is 12.5 Å². The van der Waals surface area contributed by atoms with E-state index < -0.39 is 0 Å². The van der Waals surface area contributed by atoms with Crippen LogP contribution in [0.15, 0.2) is 42.7 Å². The minimum absolute atomic E-state index is 0.0126. The van der Waals surface area contributed by atoms with Crippen LogP contribution in [0.1, 0.15) is 132 Å². The van der Waals surface area contributed by atoms with E-state index in [0.29, 0.717) is 5.56 Å². The molecule has 1 unspecified atom stereocenters. The summed E-state index contributed by atoms with van der Waals surface area (Å²) in [5, 5.41) is 3.20. The average Bonchev–Trinajstić information content (AvgIpc) is 2.90. The van der Waals surface area contributed by atoms with Crippen molar-refractivity contribution < 1.29 is 14.1 Å². The number of amides is 1. The molecule has 0 aliphatic rings. The number of aromatic nitrogens is 1. The fourth-order valence-electron chi connectivity index (χ4n) is 4.72. The summed E-state index contributed by atoms with van der Waals surface area (Å²) in [4.78, 5) is 12.8. The van der Waals surface area contributed by atoms with Gasteiger partial charge in [0.15, 0.2) is 12.4 Å². The zero-order chi connectivity index (χ0) is 26.0. The molecule has 36 heavy (non-hydrogen) atoms. The van der Waals surface area contributed by atoms with Gasteiger partial charge in [-0.2, -0.15) is 0 Å². The Morgan fingerprint density at radius 2 is 1.42 bits per heavy atom. The third-order valence-electron chi connectivity index (χ3n) is 7.12. The highest BCUT2D eigenvalue weighted by atomic mass is 16.5. The summed E-state index contributed by atoms with van der Waals surface area (Å²) in [7, 11) is 0. The molecule has 1 amide bonds. The van der Waals surface area contributed by atoms with Crippen molar-refractivity contribution in [2.24, 2.45) is 0 Å². The van der Waals surface area contributed by atoms with Gasteiger partial charge in [0.05, 0.1) is 18.2 Å². The second kappa shape index (κ2) is 18.0. The van der Waals surface area contributed by atoms with E-state index in [9.17, 15) is 4.79 Å². The number of aryl methyl sites for hydroxylation is 2. The first-order chi connectivity index (χ1) is 17.6. The first-order valence-electron chi connectivity index (χ1n) is 14.6. The first-order valence-corrected chi connectivity index (χ1v) is 14.6. The predicted octanol–water partition coefficient (Wildman–Crippen LogP) is 8.26. The normalized spacial score (nSPS) is 11.9. The number of hydrogen-bond acceptors (Lipinski definition) is 2. The molecule has 2 aromatic rings. The molecule has 1 atom stereocenters. The average molecular weight is 496 g/mol. The van der Waals surface area contributed by atoms with Crippen LogP contribution in [0.4, 0.5) is 0 Å². The van der Waals surface area contributed by atoms with Gasteiger partial charge in [-0.1, -0.05) is 90.5 Å². The molecule has 1 heterocycles. The number of hydrogen-bond donors (Lipinski definition) is 1. The largest absolute Gasteiger partial charge is 0.494 e. The molecule has 0 saturated heterocycles. The Hall–Kier alpha value is -2.36. The Balaban J connectivity index is 1.66. The molecule has 200 valence electrons. The molecular formula is C32H51N2O2+. The number of pyridine rings is 1. The van der Waals surface area contributed by atoms with E-state index in [0.717, 1.165) is 42.9 Å². The summed E-state index contributed by atoms with van der Waals surface area (Å²) in [5.74, 6) is 0.893. The van der Waals surface area contributed by atoms with Gasteiger partial charge in [-0.15, -0.1) is 0 Å². The number of nitrogens with one attached hydrogen (secondary N) is 1. The third-order valence-corrected chi connectivity index (χ3v) is 7.12. The quantitative estimate of drug-likeness (QED) is 0.157. The highest BCUT2D eigenvalue weighted by molar-refractivity contribution is 5.94. The molecule has 0 bridgehead atoms. The van der Waals surface area contributed by atoms with Crippen molar-refractivity contribution in [1.29, 1.82) is 0 Å². The smallest absolute Gasteiger partial charge is 0.252 e. The lowest BCUT2D eigenvalue weighted by atomic mass is 9.98.